The molecule has 0 atom stereocenters. The van der Waals surface area contributed by atoms with Crippen LogP contribution in [0.5, 0.6) is 0 Å². The van der Waals surface area contributed by atoms with Crippen LogP contribution in [0.25, 0.3) is 86.5 Å². The van der Waals surface area contributed by atoms with Gasteiger partial charge in [0.1, 0.15) is 0 Å². The summed E-state index contributed by atoms with van der Waals surface area (Å²) in [5, 5.41) is 6.31. The molecule has 2 aromatic heterocycles. The molecule has 2 heteroatoms. The Morgan fingerprint density at radius 3 is 1.73 bits per heavy atom. The molecular weight excluding hydrogens is 647 g/mol. The number of pyridine rings is 1. The lowest BCUT2D eigenvalue weighted by Crippen LogP contribution is -2.25. The first-order valence-electron chi connectivity index (χ1n) is 18.0. The Morgan fingerprint density at radius 2 is 0.962 bits per heavy atom. The van der Waals surface area contributed by atoms with Gasteiger partial charge in [0.05, 0.1) is 16.6 Å². The molecule has 0 radical (unpaired) electrons. The molecule has 0 fully saturated rings. The van der Waals surface area contributed by atoms with Gasteiger partial charge in [-0.15, -0.1) is 11.3 Å². The Bertz CT molecular complexity index is 3080. The van der Waals surface area contributed by atoms with E-state index < -0.39 is 0 Å². The van der Waals surface area contributed by atoms with Crippen LogP contribution in [0.4, 0.5) is 0 Å². The van der Waals surface area contributed by atoms with Crippen molar-refractivity contribution in [1.82, 2.24) is 4.98 Å². The van der Waals surface area contributed by atoms with Crippen LogP contribution in [0.2, 0.25) is 0 Å². The fourth-order valence-corrected chi connectivity index (χ4v) is 10.9. The molecule has 12 rings (SSSR count). The minimum atomic E-state index is -0.382. The van der Waals surface area contributed by atoms with E-state index in [9.17, 15) is 0 Å². The van der Waals surface area contributed by atoms with E-state index in [-0.39, 0.29) is 5.41 Å². The van der Waals surface area contributed by atoms with E-state index in [1.165, 1.54) is 92.0 Å². The third-order valence-corrected chi connectivity index (χ3v) is 12.9. The number of aromatic nitrogens is 1. The fourth-order valence-electron chi connectivity index (χ4n) is 9.63. The van der Waals surface area contributed by atoms with E-state index in [0.717, 1.165) is 16.8 Å². The van der Waals surface area contributed by atoms with Crippen LogP contribution in [0, 0.1) is 0 Å². The molecule has 1 nitrogen and oxygen atoms in total. The topological polar surface area (TPSA) is 12.9 Å². The zero-order valence-corrected chi connectivity index (χ0v) is 28.9. The Balaban J connectivity index is 1.12. The first kappa shape index (κ1) is 28.4. The number of thiophene rings is 1. The van der Waals surface area contributed by atoms with E-state index in [4.69, 9.17) is 4.98 Å². The third-order valence-electron chi connectivity index (χ3n) is 11.7. The van der Waals surface area contributed by atoms with Crippen molar-refractivity contribution in [2.45, 2.75) is 5.41 Å². The van der Waals surface area contributed by atoms with Crippen LogP contribution in [0.15, 0.2) is 176 Å². The average Bonchev–Trinajstić information content (AvgIpc) is 3.85. The summed E-state index contributed by atoms with van der Waals surface area (Å²) in [4.78, 5) is 5.40. The molecule has 2 aliphatic carbocycles. The van der Waals surface area contributed by atoms with Crippen LogP contribution in [-0.2, 0) is 5.41 Å². The van der Waals surface area contributed by atoms with Crippen LogP contribution in [0.3, 0.4) is 0 Å². The first-order chi connectivity index (χ1) is 25.8. The number of hydrogen-bond donors (Lipinski definition) is 0. The summed E-state index contributed by atoms with van der Waals surface area (Å²) >= 11 is 1.88. The van der Waals surface area contributed by atoms with E-state index in [1.54, 1.807) is 0 Å². The average molecular weight is 676 g/mol. The van der Waals surface area contributed by atoms with Gasteiger partial charge in [-0.25, -0.2) is 4.98 Å². The summed E-state index contributed by atoms with van der Waals surface area (Å²) < 4.78 is 2.66. The van der Waals surface area contributed by atoms with Gasteiger partial charge in [0.15, 0.2) is 0 Å². The Morgan fingerprint density at radius 1 is 0.385 bits per heavy atom. The predicted molar refractivity (Wildman–Crippen MR) is 219 cm³/mol. The number of para-hydroxylation sites is 1. The second kappa shape index (κ2) is 10.4. The van der Waals surface area contributed by atoms with E-state index in [2.05, 4.69) is 176 Å². The summed E-state index contributed by atoms with van der Waals surface area (Å²) in [5.74, 6) is 0. The summed E-state index contributed by atoms with van der Waals surface area (Å²) in [6.07, 6.45) is 0. The fraction of sp³-hybridized carbons (Fsp3) is 0.0200. The molecule has 0 unspecified atom stereocenters. The van der Waals surface area contributed by atoms with Crippen LogP contribution in [-0.4, -0.2) is 4.98 Å². The van der Waals surface area contributed by atoms with Gasteiger partial charge >= 0.3 is 0 Å². The number of fused-ring (bicyclic) bond motifs is 17. The summed E-state index contributed by atoms with van der Waals surface area (Å²) in [7, 11) is 0. The minimum Gasteiger partial charge on any atom is -0.247 e. The molecule has 52 heavy (non-hydrogen) atoms. The van der Waals surface area contributed by atoms with Gasteiger partial charge in [-0.05, 0) is 67.8 Å². The molecular formula is C50H29NS. The number of hydrogen-bond acceptors (Lipinski definition) is 2. The minimum absolute atomic E-state index is 0.382. The maximum absolute atomic E-state index is 5.40. The smallest absolute Gasteiger partial charge is 0.0788 e. The highest BCUT2D eigenvalue weighted by Crippen LogP contribution is 2.64. The van der Waals surface area contributed by atoms with Crippen molar-refractivity contribution in [1.29, 1.82) is 0 Å². The van der Waals surface area contributed by atoms with Crippen molar-refractivity contribution < 1.29 is 0 Å². The van der Waals surface area contributed by atoms with Crippen molar-refractivity contribution in [3.05, 3.63) is 198 Å². The van der Waals surface area contributed by atoms with Crippen molar-refractivity contribution in [2.75, 3.05) is 0 Å². The Labute approximate surface area is 305 Å². The Kier molecular flexibility index (Phi) is 5.65. The van der Waals surface area contributed by atoms with E-state index >= 15 is 0 Å². The lowest BCUT2D eigenvalue weighted by atomic mass is 9.70. The molecule has 2 aliphatic rings. The second-order valence-electron chi connectivity index (χ2n) is 14.1. The molecule has 10 aromatic rings. The van der Waals surface area contributed by atoms with Gasteiger partial charge in [-0.3, -0.25) is 0 Å². The first-order valence-corrected chi connectivity index (χ1v) is 18.8. The van der Waals surface area contributed by atoms with E-state index in [1.807, 2.05) is 11.3 Å². The Hall–Kier alpha value is -6.35. The summed E-state index contributed by atoms with van der Waals surface area (Å²) in [6.45, 7) is 0. The molecule has 0 N–H and O–H groups in total. The van der Waals surface area contributed by atoms with Gasteiger partial charge < -0.3 is 0 Å². The second-order valence-corrected chi connectivity index (χ2v) is 15.2. The predicted octanol–water partition coefficient (Wildman–Crippen LogP) is 13.4. The van der Waals surface area contributed by atoms with Crippen molar-refractivity contribution in [3.63, 3.8) is 0 Å². The maximum atomic E-state index is 5.40. The monoisotopic (exact) mass is 675 g/mol. The van der Waals surface area contributed by atoms with Gasteiger partial charge in [0, 0.05) is 41.9 Å². The molecule has 0 saturated heterocycles. The van der Waals surface area contributed by atoms with Gasteiger partial charge in [-0.1, -0.05) is 164 Å². The molecule has 0 bridgehead atoms. The van der Waals surface area contributed by atoms with Gasteiger partial charge in [0.25, 0.3) is 0 Å². The molecule has 240 valence electrons. The number of nitrogens with zero attached hydrogens (tertiary/aromatic N) is 1. The van der Waals surface area contributed by atoms with Gasteiger partial charge in [-0.2, -0.15) is 0 Å². The highest BCUT2D eigenvalue weighted by atomic mass is 32.1. The molecule has 0 aliphatic heterocycles. The number of rotatable bonds is 2. The van der Waals surface area contributed by atoms with Crippen LogP contribution < -0.4 is 0 Å². The standard InChI is InChI=1S/C50H29NS/c1-6-19-40-33(12-1)34-13-2-7-20-41(34)50(40)42-21-8-3-15-37(42)47-43(50)29-28-39-46(47)38-16-4-9-22-44(38)51-48(39)31-26-24-30(25-27-31)32-17-11-18-36-35-14-5-10-23-45(35)52-49(32)36/h1-29H. The summed E-state index contributed by atoms with van der Waals surface area (Å²) in [6, 6.07) is 65.2. The maximum Gasteiger partial charge on any atom is 0.0788 e. The molecule has 2 heterocycles. The quantitative estimate of drug-likeness (QED) is 0.166. The van der Waals surface area contributed by atoms with Crippen LogP contribution in [0.1, 0.15) is 22.3 Å². The lowest BCUT2D eigenvalue weighted by Gasteiger charge is -2.30. The molecule has 0 saturated carbocycles. The van der Waals surface area contributed by atoms with Crippen molar-refractivity contribution in [2.24, 2.45) is 0 Å². The third kappa shape index (κ3) is 3.55. The highest BCUT2D eigenvalue weighted by Gasteiger charge is 2.52. The zero-order valence-electron chi connectivity index (χ0n) is 28.1. The SMILES string of the molecule is c1ccc2c(c1)-c1ccccc1C21c2ccccc2-c2c1ccc1c(-c3ccc(-c4cccc5c4sc4ccccc45)cc3)nc3ccccc3c21. The van der Waals surface area contributed by atoms with Crippen LogP contribution >= 0.6 is 11.3 Å². The number of benzene rings is 8. The largest absolute Gasteiger partial charge is 0.247 e. The normalized spacial score (nSPS) is 13.5. The molecule has 1 spiro atoms. The van der Waals surface area contributed by atoms with Gasteiger partial charge in [0.2, 0.25) is 0 Å². The van der Waals surface area contributed by atoms with E-state index in [0.29, 0.717) is 0 Å². The summed E-state index contributed by atoms with van der Waals surface area (Å²) in [5.41, 5.74) is 16.0. The lowest BCUT2D eigenvalue weighted by molar-refractivity contribution is 0.794. The highest BCUT2D eigenvalue weighted by molar-refractivity contribution is 7.26. The van der Waals surface area contributed by atoms with Crippen molar-refractivity contribution in [3.8, 4) is 44.6 Å². The molecule has 0 amide bonds. The van der Waals surface area contributed by atoms with Crippen molar-refractivity contribution >= 4 is 53.2 Å². The zero-order chi connectivity index (χ0) is 34.0. The molecule has 8 aromatic carbocycles.